The molecule has 0 aliphatic heterocycles. The van der Waals surface area contributed by atoms with Crippen molar-refractivity contribution in [2.45, 2.75) is 37.3 Å². The van der Waals surface area contributed by atoms with Crippen molar-refractivity contribution < 1.29 is 33.2 Å². The van der Waals surface area contributed by atoms with Crippen LogP contribution in [-0.4, -0.2) is 40.2 Å². The lowest BCUT2D eigenvalue weighted by atomic mass is 10.0. The molecule has 0 radical (unpaired) electrons. The standard InChI is InChI=1S/C16H19F3O4/c17-16(18,19)11-2-1-3-14(7-11)23-9-12(20)5-4-10-6-13(21)8-15(10)22/h1-5,7,10,12-13,15,20-22H,6,8-9H2/b5-4+/t10-,12+,13+,15+/m1/s1. The van der Waals surface area contributed by atoms with Gasteiger partial charge in [0, 0.05) is 5.92 Å². The molecule has 4 nitrogen and oxygen atoms in total. The van der Waals surface area contributed by atoms with Crippen molar-refractivity contribution in [1.82, 2.24) is 0 Å². The van der Waals surface area contributed by atoms with Crippen molar-refractivity contribution in [3.8, 4) is 5.75 Å². The van der Waals surface area contributed by atoms with Gasteiger partial charge in [-0.1, -0.05) is 18.2 Å². The van der Waals surface area contributed by atoms with Gasteiger partial charge in [0.1, 0.15) is 18.5 Å². The number of hydrogen-bond acceptors (Lipinski definition) is 4. The molecule has 23 heavy (non-hydrogen) atoms. The molecule has 1 aliphatic rings. The summed E-state index contributed by atoms with van der Waals surface area (Å²) >= 11 is 0. The molecule has 1 fully saturated rings. The third-order valence-corrected chi connectivity index (χ3v) is 3.71. The molecule has 3 N–H and O–H groups in total. The van der Waals surface area contributed by atoms with Crippen LogP contribution in [0.2, 0.25) is 0 Å². The average Bonchev–Trinajstić information content (AvgIpc) is 2.80. The first kappa shape index (κ1) is 17.8. The van der Waals surface area contributed by atoms with Gasteiger partial charge in [-0.3, -0.25) is 0 Å². The van der Waals surface area contributed by atoms with Crippen LogP contribution in [-0.2, 0) is 6.18 Å². The van der Waals surface area contributed by atoms with Gasteiger partial charge in [-0.2, -0.15) is 13.2 Å². The number of hydrogen-bond donors (Lipinski definition) is 3. The van der Waals surface area contributed by atoms with E-state index in [4.69, 9.17) is 4.74 Å². The second kappa shape index (κ2) is 7.33. The highest BCUT2D eigenvalue weighted by atomic mass is 19.4. The highest BCUT2D eigenvalue weighted by Gasteiger charge is 2.31. The minimum absolute atomic E-state index is 0.0172. The Morgan fingerprint density at radius 2 is 2.00 bits per heavy atom. The van der Waals surface area contributed by atoms with E-state index in [0.717, 1.165) is 12.1 Å². The summed E-state index contributed by atoms with van der Waals surface area (Å²) in [7, 11) is 0. The second-order valence-corrected chi connectivity index (χ2v) is 5.65. The summed E-state index contributed by atoms with van der Waals surface area (Å²) in [5.74, 6) is -0.225. The Labute approximate surface area is 131 Å². The highest BCUT2D eigenvalue weighted by Crippen LogP contribution is 2.31. The van der Waals surface area contributed by atoms with Crippen LogP contribution in [0.25, 0.3) is 0 Å². The van der Waals surface area contributed by atoms with E-state index in [-0.39, 0.29) is 18.3 Å². The number of aliphatic hydroxyl groups excluding tert-OH is 3. The largest absolute Gasteiger partial charge is 0.491 e. The quantitative estimate of drug-likeness (QED) is 0.723. The first-order valence-corrected chi connectivity index (χ1v) is 7.28. The van der Waals surface area contributed by atoms with Crippen LogP contribution in [0.3, 0.4) is 0 Å². The van der Waals surface area contributed by atoms with Gasteiger partial charge >= 0.3 is 6.18 Å². The average molecular weight is 332 g/mol. The maximum absolute atomic E-state index is 12.6. The van der Waals surface area contributed by atoms with Crippen LogP contribution >= 0.6 is 0 Å². The molecular weight excluding hydrogens is 313 g/mol. The van der Waals surface area contributed by atoms with Crippen molar-refractivity contribution >= 4 is 0 Å². The monoisotopic (exact) mass is 332 g/mol. The van der Waals surface area contributed by atoms with Crippen LogP contribution in [0.4, 0.5) is 13.2 Å². The molecule has 1 aromatic rings. The molecule has 0 aromatic heterocycles. The minimum Gasteiger partial charge on any atom is -0.491 e. The van der Waals surface area contributed by atoms with Crippen LogP contribution in [0.15, 0.2) is 36.4 Å². The van der Waals surface area contributed by atoms with Gasteiger partial charge in [-0.05, 0) is 31.0 Å². The second-order valence-electron chi connectivity index (χ2n) is 5.65. The molecule has 4 atom stereocenters. The molecule has 0 heterocycles. The zero-order chi connectivity index (χ0) is 17.0. The first-order valence-electron chi connectivity index (χ1n) is 7.28. The summed E-state index contributed by atoms with van der Waals surface area (Å²) in [4.78, 5) is 0. The molecule has 1 aliphatic carbocycles. The molecular formula is C16H19F3O4. The number of aliphatic hydroxyl groups is 3. The van der Waals surface area contributed by atoms with E-state index in [1.54, 1.807) is 6.08 Å². The number of halogens is 3. The van der Waals surface area contributed by atoms with E-state index in [1.165, 1.54) is 18.2 Å². The van der Waals surface area contributed by atoms with Gasteiger partial charge in [0.05, 0.1) is 17.8 Å². The molecule has 1 saturated carbocycles. The fourth-order valence-corrected chi connectivity index (χ4v) is 2.50. The lowest BCUT2D eigenvalue weighted by Gasteiger charge is -2.13. The molecule has 1 aromatic carbocycles. The Balaban J connectivity index is 1.86. The van der Waals surface area contributed by atoms with Crippen molar-refractivity contribution in [3.05, 3.63) is 42.0 Å². The number of rotatable bonds is 5. The minimum atomic E-state index is -4.45. The van der Waals surface area contributed by atoms with Crippen molar-refractivity contribution in [2.24, 2.45) is 5.92 Å². The maximum atomic E-state index is 12.6. The molecule has 0 unspecified atom stereocenters. The summed E-state index contributed by atoms with van der Waals surface area (Å²) < 4.78 is 42.9. The number of ether oxygens (including phenoxy) is 1. The fraction of sp³-hybridized carbons (Fsp3) is 0.500. The predicted molar refractivity (Wildman–Crippen MR) is 76.8 cm³/mol. The predicted octanol–water partition coefficient (Wildman–Crippen LogP) is 2.13. The highest BCUT2D eigenvalue weighted by molar-refractivity contribution is 5.30. The third kappa shape index (κ3) is 5.23. The Hall–Kier alpha value is -1.57. The lowest BCUT2D eigenvalue weighted by Crippen LogP contribution is -2.17. The van der Waals surface area contributed by atoms with Crippen LogP contribution in [0.5, 0.6) is 5.75 Å². The molecule has 2 rings (SSSR count). The topological polar surface area (TPSA) is 69.9 Å². The maximum Gasteiger partial charge on any atom is 0.416 e. The fourth-order valence-electron chi connectivity index (χ4n) is 2.50. The normalized spacial score (nSPS) is 26.6. The van der Waals surface area contributed by atoms with Gasteiger partial charge in [0.15, 0.2) is 0 Å². The third-order valence-electron chi connectivity index (χ3n) is 3.71. The summed E-state index contributed by atoms with van der Waals surface area (Å²) in [5, 5.41) is 28.8. The smallest absolute Gasteiger partial charge is 0.416 e. The van der Waals surface area contributed by atoms with Crippen LogP contribution in [0, 0.1) is 5.92 Å². The zero-order valence-corrected chi connectivity index (χ0v) is 12.3. The molecule has 0 spiro atoms. The van der Waals surface area contributed by atoms with E-state index in [0.29, 0.717) is 12.8 Å². The SMILES string of the molecule is O[C@H]1C[C@@H](/C=C/[C@H](O)COc2cccc(C(F)(F)F)c2)[C@@H](O)C1. The summed E-state index contributed by atoms with van der Waals surface area (Å²) in [6, 6.07) is 4.42. The summed E-state index contributed by atoms with van der Waals surface area (Å²) in [6.07, 6.45) is -2.95. The molecule has 7 heteroatoms. The number of alkyl halides is 3. The Bertz CT molecular complexity index is 544. The van der Waals surface area contributed by atoms with Crippen molar-refractivity contribution in [1.29, 1.82) is 0 Å². The zero-order valence-electron chi connectivity index (χ0n) is 12.3. The summed E-state index contributed by atoms with van der Waals surface area (Å²) in [6.45, 7) is -0.205. The van der Waals surface area contributed by atoms with Gasteiger partial charge in [-0.15, -0.1) is 0 Å². The Kier molecular flexibility index (Phi) is 5.67. The van der Waals surface area contributed by atoms with Crippen LogP contribution < -0.4 is 4.74 Å². The van der Waals surface area contributed by atoms with Gasteiger partial charge in [0.25, 0.3) is 0 Å². The van der Waals surface area contributed by atoms with E-state index in [9.17, 15) is 28.5 Å². The van der Waals surface area contributed by atoms with Gasteiger partial charge in [0.2, 0.25) is 0 Å². The number of benzene rings is 1. The van der Waals surface area contributed by atoms with E-state index in [1.807, 2.05) is 0 Å². The summed E-state index contributed by atoms with van der Waals surface area (Å²) in [5.41, 5.74) is -0.817. The first-order chi connectivity index (χ1) is 10.8. The van der Waals surface area contributed by atoms with Crippen molar-refractivity contribution in [2.75, 3.05) is 6.61 Å². The van der Waals surface area contributed by atoms with Crippen LogP contribution in [0.1, 0.15) is 18.4 Å². The van der Waals surface area contributed by atoms with Gasteiger partial charge < -0.3 is 20.1 Å². The van der Waals surface area contributed by atoms with E-state index >= 15 is 0 Å². The Morgan fingerprint density at radius 1 is 1.26 bits per heavy atom. The van der Waals surface area contributed by atoms with Gasteiger partial charge in [-0.25, -0.2) is 0 Å². The molecule has 128 valence electrons. The lowest BCUT2D eigenvalue weighted by molar-refractivity contribution is -0.137. The molecule has 0 amide bonds. The molecule has 0 saturated heterocycles. The van der Waals surface area contributed by atoms with Crippen molar-refractivity contribution in [3.63, 3.8) is 0 Å². The van der Waals surface area contributed by atoms with E-state index < -0.39 is 30.1 Å². The van der Waals surface area contributed by atoms with E-state index in [2.05, 4.69) is 0 Å². The Morgan fingerprint density at radius 3 is 2.61 bits per heavy atom. The molecule has 0 bridgehead atoms.